The fourth-order valence-electron chi connectivity index (χ4n) is 1.46. The van der Waals surface area contributed by atoms with Crippen molar-refractivity contribution in [3.63, 3.8) is 0 Å². The molecule has 2 rings (SSSR count). The van der Waals surface area contributed by atoms with Crippen molar-refractivity contribution in [1.82, 2.24) is 10.3 Å². The van der Waals surface area contributed by atoms with E-state index in [9.17, 15) is 0 Å². The Labute approximate surface area is 110 Å². The topological polar surface area (TPSA) is 24.9 Å². The number of thioether (sulfide) groups is 1. The monoisotopic (exact) mass is 264 g/mol. The first-order valence-corrected chi connectivity index (χ1v) is 7.49. The molecule has 0 fully saturated rings. The molecule has 0 saturated heterocycles. The number of nitrogens with zero attached hydrogens (tertiary/aromatic N) is 1. The number of nitrogens with one attached hydrogen (secondary N) is 1. The molecule has 0 aliphatic rings. The van der Waals surface area contributed by atoms with E-state index in [1.165, 1.54) is 15.3 Å². The maximum Gasteiger partial charge on any atom is 0.0302 e. The zero-order valence-electron chi connectivity index (χ0n) is 9.85. The van der Waals surface area contributed by atoms with E-state index in [1.807, 2.05) is 47.6 Å². The first-order chi connectivity index (χ1) is 8.36. The Morgan fingerprint density at radius 2 is 2.12 bits per heavy atom. The third-order valence-corrected chi connectivity index (χ3v) is 4.49. The lowest BCUT2D eigenvalue weighted by Crippen LogP contribution is -2.16. The Morgan fingerprint density at radius 3 is 2.82 bits per heavy atom. The van der Waals surface area contributed by atoms with Gasteiger partial charge < -0.3 is 5.32 Å². The maximum absolute atomic E-state index is 4.01. The minimum atomic E-state index is 0.987. The van der Waals surface area contributed by atoms with Gasteiger partial charge in [0.25, 0.3) is 0 Å². The summed E-state index contributed by atoms with van der Waals surface area (Å²) in [6.45, 7) is 4.18. The second-order valence-corrected chi connectivity index (χ2v) is 5.90. The molecule has 90 valence electrons. The molecule has 0 bridgehead atoms. The van der Waals surface area contributed by atoms with Crippen LogP contribution in [0.5, 0.6) is 0 Å². The molecule has 0 aliphatic heterocycles. The minimum absolute atomic E-state index is 0.987. The summed E-state index contributed by atoms with van der Waals surface area (Å²) in [6, 6.07) is 6.27. The van der Waals surface area contributed by atoms with Gasteiger partial charge in [0, 0.05) is 41.0 Å². The van der Waals surface area contributed by atoms with Crippen LogP contribution >= 0.6 is 23.1 Å². The molecule has 0 aliphatic carbocycles. The molecule has 1 N–H and O–H groups in total. The average Bonchev–Trinajstić information content (AvgIpc) is 2.76. The van der Waals surface area contributed by atoms with Crippen LogP contribution in [0.1, 0.15) is 10.4 Å². The number of aromatic nitrogens is 1. The summed E-state index contributed by atoms with van der Waals surface area (Å²) < 4.78 is 0. The number of hydrogen-bond acceptors (Lipinski definition) is 4. The molecule has 2 nitrogen and oxygen atoms in total. The first-order valence-electron chi connectivity index (χ1n) is 5.63. The summed E-state index contributed by atoms with van der Waals surface area (Å²) in [4.78, 5) is 6.74. The van der Waals surface area contributed by atoms with Gasteiger partial charge in [-0.15, -0.1) is 23.1 Å². The molecule has 2 aromatic heterocycles. The number of hydrogen-bond donors (Lipinski definition) is 1. The van der Waals surface area contributed by atoms with Crippen molar-refractivity contribution in [2.45, 2.75) is 18.4 Å². The van der Waals surface area contributed by atoms with Gasteiger partial charge in [0.05, 0.1) is 0 Å². The van der Waals surface area contributed by atoms with Crippen molar-refractivity contribution < 1.29 is 0 Å². The first kappa shape index (κ1) is 12.6. The third kappa shape index (κ3) is 4.15. The van der Waals surface area contributed by atoms with Crippen LogP contribution in [0, 0.1) is 6.92 Å². The Morgan fingerprint density at radius 1 is 1.29 bits per heavy atom. The van der Waals surface area contributed by atoms with Crippen molar-refractivity contribution in [3.8, 4) is 0 Å². The second kappa shape index (κ2) is 6.79. The molecule has 0 atom stereocenters. The maximum atomic E-state index is 4.01. The molecular weight excluding hydrogens is 248 g/mol. The second-order valence-electron chi connectivity index (χ2n) is 3.73. The predicted molar refractivity (Wildman–Crippen MR) is 75.7 cm³/mol. The van der Waals surface area contributed by atoms with Gasteiger partial charge in [-0.2, -0.15) is 0 Å². The third-order valence-electron chi connectivity index (χ3n) is 2.45. The van der Waals surface area contributed by atoms with Gasteiger partial charge in [0.2, 0.25) is 0 Å². The zero-order chi connectivity index (χ0) is 11.9. The molecule has 2 heterocycles. The Kier molecular flexibility index (Phi) is 5.04. The number of pyridine rings is 1. The van der Waals surface area contributed by atoms with E-state index in [-0.39, 0.29) is 0 Å². The molecule has 0 amide bonds. The van der Waals surface area contributed by atoms with Gasteiger partial charge in [-0.05, 0) is 36.1 Å². The Bertz CT molecular complexity index is 440. The normalized spacial score (nSPS) is 10.6. The highest BCUT2D eigenvalue weighted by Gasteiger charge is 1.98. The van der Waals surface area contributed by atoms with Gasteiger partial charge >= 0.3 is 0 Å². The molecule has 0 unspecified atom stereocenters. The molecule has 4 heteroatoms. The van der Waals surface area contributed by atoms with Crippen molar-refractivity contribution >= 4 is 23.1 Å². The van der Waals surface area contributed by atoms with Gasteiger partial charge in [-0.25, -0.2) is 0 Å². The fourth-order valence-corrected chi connectivity index (χ4v) is 3.13. The standard InChI is InChI=1S/C13H16N2S2/c1-11-4-8-17-13(11)10-15-7-9-16-12-2-5-14-6-3-12/h2-6,8,15H,7,9-10H2,1H3. The predicted octanol–water partition coefficient (Wildman–Crippen LogP) is 3.33. The number of rotatable bonds is 6. The van der Waals surface area contributed by atoms with E-state index >= 15 is 0 Å². The summed E-state index contributed by atoms with van der Waals surface area (Å²) in [5.41, 5.74) is 1.39. The van der Waals surface area contributed by atoms with E-state index in [4.69, 9.17) is 0 Å². The summed E-state index contributed by atoms with van der Waals surface area (Å²) in [5.74, 6) is 1.09. The highest BCUT2D eigenvalue weighted by atomic mass is 32.2. The van der Waals surface area contributed by atoms with Crippen molar-refractivity contribution in [3.05, 3.63) is 46.4 Å². The summed E-state index contributed by atoms with van der Waals surface area (Å²) >= 11 is 3.69. The molecule has 0 aromatic carbocycles. The van der Waals surface area contributed by atoms with Crippen molar-refractivity contribution in [2.24, 2.45) is 0 Å². The van der Waals surface area contributed by atoms with E-state index < -0.39 is 0 Å². The van der Waals surface area contributed by atoms with Crippen LogP contribution in [0.15, 0.2) is 40.9 Å². The number of thiophene rings is 1. The zero-order valence-corrected chi connectivity index (χ0v) is 11.5. The van der Waals surface area contributed by atoms with Gasteiger partial charge in [-0.1, -0.05) is 0 Å². The SMILES string of the molecule is Cc1ccsc1CNCCSc1ccncc1. The van der Waals surface area contributed by atoms with Gasteiger partial charge in [-0.3, -0.25) is 4.98 Å². The van der Waals surface area contributed by atoms with Gasteiger partial charge in [0.1, 0.15) is 0 Å². The largest absolute Gasteiger partial charge is 0.311 e. The fraction of sp³-hybridized carbons (Fsp3) is 0.308. The summed E-state index contributed by atoms with van der Waals surface area (Å²) in [6.07, 6.45) is 3.68. The lowest BCUT2D eigenvalue weighted by molar-refractivity contribution is 0.738. The lowest BCUT2D eigenvalue weighted by atomic mass is 10.3. The van der Waals surface area contributed by atoms with Crippen LogP contribution < -0.4 is 5.32 Å². The van der Waals surface area contributed by atoms with E-state index in [0.717, 1.165) is 18.8 Å². The van der Waals surface area contributed by atoms with Crippen LogP contribution in [-0.2, 0) is 6.54 Å². The highest BCUT2D eigenvalue weighted by molar-refractivity contribution is 7.99. The Hall–Kier alpha value is -0.840. The molecule has 17 heavy (non-hydrogen) atoms. The molecular formula is C13H16N2S2. The van der Waals surface area contributed by atoms with E-state index in [0.29, 0.717) is 0 Å². The highest BCUT2D eigenvalue weighted by Crippen LogP contribution is 2.16. The van der Waals surface area contributed by atoms with Crippen LogP contribution in [0.4, 0.5) is 0 Å². The molecule has 0 radical (unpaired) electrons. The van der Waals surface area contributed by atoms with Crippen LogP contribution in [0.3, 0.4) is 0 Å². The Balaban J connectivity index is 1.63. The lowest BCUT2D eigenvalue weighted by Gasteiger charge is -2.04. The molecule has 0 spiro atoms. The van der Waals surface area contributed by atoms with E-state index in [2.05, 4.69) is 28.7 Å². The van der Waals surface area contributed by atoms with Gasteiger partial charge in [0.15, 0.2) is 0 Å². The summed E-state index contributed by atoms with van der Waals surface area (Å²) in [5, 5.41) is 5.62. The molecule has 0 saturated carbocycles. The smallest absolute Gasteiger partial charge is 0.0302 e. The van der Waals surface area contributed by atoms with Crippen LogP contribution in [0.25, 0.3) is 0 Å². The van der Waals surface area contributed by atoms with E-state index in [1.54, 1.807) is 0 Å². The van der Waals surface area contributed by atoms with Crippen LogP contribution in [-0.4, -0.2) is 17.3 Å². The van der Waals surface area contributed by atoms with Crippen molar-refractivity contribution in [2.75, 3.05) is 12.3 Å². The quantitative estimate of drug-likeness (QED) is 0.640. The minimum Gasteiger partial charge on any atom is -0.311 e. The molecule has 2 aromatic rings. The number of aryl methyl sites for hydroxylation is 1. The average molecular weight is 264 g/mol. The van der Waals surface area contributed by atoms with Crippen LogP contribution in [0.2, 0.25) is 0 Å². The van der Waals surface area contributed by atoms with Crippen molar-refractivity contribution in [1.29, 1.82) is 0 Å². The summed E-state index contributed by atoms with van der Waals surface area (Å²) in [7, 11) is 0.